The van der Waals surface area contributed by atoms with Crippen LogP contribution in [0.1, 0.15) is 28.1 Å². The van der Waals surface area contributed by atoms with Crippen LogP contribution in [-0.4, -0.2) is 25.1 Å². The molecule has 2 N–H and O–H groups in total. The molecule has 7 heteroatoms. The Morgan fingerprint density at radius 1 is 1.11 bits per heavy atom. The van der Waals surface area contributed by atoms with Gasteiger partial charge in [-0.25, -0.2) is 0 Å². The molecule has 1 aromatic carbocycles. The monoisotopic (exact) mass is 494 g/mol. The number of fused-ring (bicyclic) bond motifs is 1. The molecule has 0 fully saturated rings. The Labute approximate surface area is 182 Å². The first kappa shape index (κ1) is 22.0. The first-order chi connectivity index (χ1) is 13.0. The Hall–Kier alpha value is -2.29. The fraction of sp³-hybridized carbons (Fsp3) is 0.333. The van der Waals surface area contributed by atoms with Crippen LogP contribution in [0.25, 0.3) is 11.0 Å². The van der Waals surface area contributed by atoms with Gasteiger partial charge in [-0.05, 0) is 26.8 Å². The van der Waals surface area contributed by atoms with E-state index in [1.807, 2.05) is 38.2 Å². The normalized spacial score (nSPS) is 11.2. The zero-order valence-electron chi connectivity index (χ0n) is 16.9. The number of aryl methyl sites for hydroxylation is 2. The van der Waals surface area contributed by atoms with Crippen molar-refractivity contribution in [1.82, 2.24) is 15.6 Å². The molecule has 6 nitrogen and oxygen atoms in total. The first-order valence-corrected chi connectivity index (χ1v) is 8.95. The molecule has 150 valence electrons. The highest BCUT2D eigenvalue weighted by molar-refractivity contribution is 14.0. The number of nitrogens with one attached hydrogen (secondary N) is 2. The summed E-state index contributed by atoms with van der Waals surface area (Å²) in [7, 11) is 3.43. The lowest BCUT2D eigenvalue weighted by Gasteiger charge is -2.15. The van der Waals surface area contributed by atoms with Crippen LogP contribution in [0, 0.1) is 20.8 Å². The molecule has 0 aliphatic heterocycles. The summed E-state index contributed by atoms with van der Waals surface area (Å²) in [5, 5.41) is 7.75. The number of benzene rings is 1. The van der Waals surface area contributed by atoms with Gasteiger partial charge in [0, 0.05) is 35.3 Å². The number of furan rings is 1. The molecule has 0 spiro atoms. The molecule has 2 aromatic heterocycles. The summed E-state index contributed by atoms with van der Waals surface area (Å²) in [6.07, 6.45) is 1.83. The van der Waals surface area contributed by atoms with Gasteiger partial charge in [-0.2, -0.15) is 0 Å². The minimum Gasteiger partial charge on any atom is -0.496 e. The molecular formula is C21H27IN4O2. The average Bonchev–Trinajstić information content (AvgIpc) is 3.00. The summed E-state index contributed by atoms with van der Waals surface area (Å²) in [5.74, 6) is 2.48. The van der Waals surface area contributed by atoms with Crippen molar-refractivity contribution < 1.29 is 9.15 Å². The minimum atomic E-state index is 0. The largest absolute Gasteiger partial charge is 0.496 e. The quantitative estimate of drug-likeness (QED) is 0.316. The Morgan fingerprint density at radius 3 is 2.50 bits per heavy atom. The maximum atomic E-state index is 5.94. The summed E-state index contributed by atoms with van der Waals surface area (Å²) in [6.45, 7) is 7.20. The van der Waals surface area contributed by atoms with Crippen molar-refractivity contribution in [1.29, 1.82) is 0 Å². The topological polar surface area (TPSA) is 71.7 Å². The Morgan fingerprint density at radius 2 is 1.82 bits per heavy atom. The van der Waals surface area contributed by atoms with E-state index in [4.69, 9.17) is 9.15 Å². The number of rotatable bonds is 5. The third-order valence-corrected chi connectivity index (χ3v) is 4.76. The van der Waals surface area contributed by atoms with Crippen molar-refractivity contribution in [3.05, 3.63) is 58.6 Å². The second kappa shape index (κ2) is 9.77. The van der Waals surface area contributed by atoms with Crippen LogP contribution in [0.3, 0.4) is 0 Å². The molecule has 0 amide bonds. The first-order valence-electron chi connectivity index (χ1n) is 8.95. The van der Waals surface area contributed by atoms with Gasteiger partial charge in [0.25, 0.3) is 0 Å². The lowest BCUT2D eigenvalue weighted by molar-refractivity contribution is 0.406. The second-order valence-electron chi connectivity index (χ2n) is 6.47. The van der Waals surface area contributed by atoms with Gasteiger partial charge in [-0.15, -0.1) is 24.0 Å². The molecule has 3 aromatic rings. The maximum absolute atomic E-state index is 5.94. The smallest absolute Gasteiger partial charge is 0.191 e. The van der Waals surface area contributed by atoms with Gasteiger partial charge in [-0.1, -0.05) is 18.2 Å². The standard InChI is InChI=1S/C21H26N4O2.HI/c1-13-10-23-17(15(3)20(13)26-5)11-24-21(22-4)25-12-19-14(2)16-8-6-7-9-18(16)27-19;/h6-10H,11-12H2,1-5H3,(H2,22,24,25);1H. The van der Waals surface area contributed by atoms with Gasteiger partial charge >= 0.3 is 0 Å². The predicted octanol–water partition coefficient (Wildman–Crippen LogP) is 4.24. The van der Waals surface area contributed by atoms with Gasteiger partial charge in [0.2, 0.25) is 0 Å². The SMILES string of the molecule is CN=C(NCc1ncc(C)c(OC)c1C)NCc1oc2ccccc2c1C.I. The van der Waals surface area contributed by atoms with Crippen molar-refractivity contribution in [3.8, 4) is 5.75 Å². The van der Waals surface area contributed by atoms with E-state index in [1.165, 1.54) is 0 Å². The molecule has 0 unspecified atom stereocenters. The van der Waals surface area contributed by atoms with E-state index in [1.54, 1.807) is 14.2 Å². The van der Waals surface area contributed by atoms with E-state index < -0.39 is 0 Å². The number of para-hydroxylation sites is 1. The summed E-state index contributed by atoms with van der Waals surface area (Å²) in [6, 6.07) is 8.06. The Bertz CT molecular complexity index is 982. The van der Waals surface area contributed by atoms with E-state index in [9.17, 15) is 0 Å². The number of hydrogen-bond donors (Lipinski definition) is 2. The van der Waals surface area contributed by atoms with Gasteiger partial charge in [0.1, 0.15) is 17.1 Å². The maximum Gasteiger partial charge on any atom is 0.191 e. The van der Waals surface area contributed by atoms with Crippen LogP contribution < -0.4 is 15.4 Å². The molecule has 0 atom stereocenters. The second-order valence-corrected chi connectivity index (χ2v) is 6.47. The molecule has 2 heterocycles. The van der Waals surface area contributed by atoms with Crippen molar-refractivity contribution in [2.45, 2.75) is 33.9 Å². The van der Waals surface area contributed by atoms with Crippen LogP contribution in [0.2, 0.25) is 0 Å². The van der Waals surface area contributed by atoms with E-state index >= 15 is 0 Å². The fourth-order valence-electron chi connectivity index (χ4n) is 3.19. The third kappa shape index (κ3) is 4.57. The minimum absolute atomic E-state index is 0. The number of hydrogen-bond acceptors (Lipinski definition) is 4. The molecule has 3 rings (SSSR count). The van der Waals surface area contributed by atoms with Crippen LogP contribution in [0.4, 0.5) is 0 Å². The van der Waals surface area contributed by atoms with Gasteiger partial charge < -0.3 is 19.8 Å². The number of pyridine rings is 1. The lowest BCUT2D eigenvalue weighted by atomic mass is 10.1. The highest BCUT2D eigenvalue weighted by Crippen LogP contribution is 2.25. The highest BCUT2D eigenvalue weighted by Gasteiger charge is 2.12. The van der Waals surface area contributed by atoms with Gasteiger partial charge in [0.05, 0.1) is 25.9 Å². The summed E-state index contributed by atoms with van der Waals surface area (Å²) >= 11 is 0. The molecule has 0 bridgehead atoms. The average molecular weight is 494 g/mol. The van der Waals surface area contributed by atoms with Crippen LogP contribution in [-0.2, 0) is 13.1 Å². The highest BCUT2D eigenvalue weighted by atomic mass is 127. The summed E-state index contributed by atoms with van der Waals surface area (Å²) < 4.78 is 11.4. The number of halogens is 1. The lowest BCUT2D eigenvalue weighted by Crippen LogP contribution is -2.36. The van der Waals surface area contributed by atoms with Crippen LogP contribution in [0.5, 0.6) is 5.75 Å². The molecular weight excluding hydrogens is 467 g/mol. The van der Waals surface area contributed by atoms with Crippen molar-refractivity contribution >= 4 is 40.9 Å². The molecule has 28 heavy (non-hydrogen) atoms. The van der Waals surface area contributed by atoms with Gasteiger partial charge in [0.15, 0.2) is 5.96 Å². The fourth-order valence-corrected chi connectivity index (χ4v) is 3.19. The number of aromatic nitrogens is 1. The number of guanidine groups is 1. The van der Waals surface area contributed by atoms with E-state index in [0.29, 0.717) is 19.0 Å². The third-order valence-electron chi connectivity index (χ3n) is 4.76. The van der Waals surface area contributed by atoms with Crippen molar-refractivity contribution in [2.24, 2.45) is 4.99 Å². The summed E-state index contributed by atoms with van der Waals surface area (Å²) in [4.78, 5) is 8.80. The molecule has 0 aliphatic rings. The predicted molar refractivity (Wildman–Crippen MR) is 124 cm³/mol. The number of aliphatic imine (C=N–C) groups is 1. The molecule has 0 aliphatic carbocycles. The number of nitrogens with zero attached hydrogens (tertiary/aromatic N) is 2. The molecule has 0 saturated carbocycles. The van der Waals surface area contributed by atoms with Gasteiger partial charge in [-0.3, -0.25) is 9.98 Å². The zero-order chi connectivity index (χ0) is 19.4. The Balaban J connectivity index is 0.00000280. The van der Waals surface area contributed by atoms with Crippen molar-refractivity contribution in [3.63, 3.8) is 0 Å². The summed E-state index contributed by atoms with van der Waals surface area (Å²) in [5.41, 5.74) is 5.05. The Kier molecular flexibility index (Phi) is 7.68. The van der Waals surface area contributed by atoms with Crippen molar-refractivity contribution in [2.75, 3.05) is 14.2 Å². The number of ether oxygens (including phenoxy) is 1. The van der Waals surface area contributed by atoms with Crippen LogP contribution in [0.15, 0.2) is 39.9 Å². The number of methoxy groups -OCH3 is 1. The zero-order valence-corrected chi connectivity index (χ0v) is 19.3. The van der Waals surface area contributed by atoms with Crippen LogP contribution >= 0.6 is 24.0 Å². The van der Waals surface area contributed by atoms with E-state index in [-0.39, 0.29) is 24.0 Å². The van der Waals surface area contributed by atoms with E-state index in [0.717, 1.165) is 44.9 Å². The molecule has 0 radical (unpaired) electrons. The van der Waals surface area contributed by atoms with E-state index in [2.05, 4.69) is 33.6 Å². The molecule has 0 saturated heterocycles.